The van der Waals surface area contributed by atoms with Crippen LogP contribution in [-0.2, 0) is 21.1 Å². The van der Waals surface area contributed by atoms with Crippen LogP contribution in [0.25, 0.3) is 0 Å². The van der Waals surface area contributed by atoms with Gasteiger partial charge in [-0.3, -0.25) is 9.12 Å². The van der Waals surface area contributed by atoms with Gasteiger partial charge in [0, 0.05) is 0 Å². The quantitative estimate of drug-likeness (QED) is 0.189. The maximum absolute atomic E-state index is 11.2. The predicted molar refractivity (Wildman–Crippen MR) is 113 cm³/mol. The monoisotopic (exact) mass is 430 g/mol. The first-order chi connectivity index (χ1) is 13.0. The van der Waals surface area contributed by atoms with Crippen LogP contribution in [0, 0.1) is 0 Å². The van der Waals surface area contributed by atoms with Crippen LogP contribution < -0.4 is 0 Å². The average molecular weight is 431 g/mol. The Balaban J connectivity index is 2.35. The van der Waals surface area contributed by atoms with Gasteiger partial charge in [0.15, 0.2) is 4.99 Å². The number of hydrogen-bond donors (Lipinski definition) is 3. The number of unbranched alkanes of at least 4 members (excludes halogenated alkanes) is 1. The molecule has 0 aliphatic heterocycles. The van der Waals surface area contributed by atoms with E-state index in [-0.39, 0.29) is 12.8 Å². The van der Waals surface area contributed by atoms with E-state index in [4.69, 9.17) is 14.3 Å². The summed E-state index contributed by atoms with van der Waals surface area (Å²) in [5, 5.41) is 0. The summed E-state index contributed by atoms with van der Waals surface area (Å²) >= 11 is 0. The third-order valence-electron chi connectivity index (χ3n) is 4.55. The second kappa shape index (κ2) is 11.7. The minimum atomic E-state index is -4.89. The molecule has 8 heteroatoms. The average Bonchev–Trinajstić information content (AvgIpc) is 2.58. The van der Waals surface area contributed by atoms with E-state index in [1.807, 2.05) is 31.2 Å². The van der Waals surface area contributed by atoms with Crippen molar-refractivity contribution in [1.82, 2.24) is 0 Å². The topological polar surface area (TPSA) is 112 Å². The van der Waals surface area contributed by atoms with Gasteiger partial charge in [-0.05, 0) is 64.4 Å². The highest BCUT2D eigenvalue weighted by Gasteiger charge is 2.38. The summed E-state index contributed by atoms with van der Waals surface area (Å²) in [6.07, 6.45) is 8.52. The minimum absolute atomic E-state index is 0.272. The maximum atomic E-state index is 11.2. The zero-order chi connectivity index (χ0) is 21.2. The standard InChI is InChI=1S/C20H31O6PS/c1-17(9-6-7-14-20(27(21,22)23)28(24,25)26)10-8-11-18(2)15-16-19-12-4-3-5-13-19/h3-5,9,11-13,20H,6-8,10,14-16H2,1-2H3,(H2,21,22,23)(H,24,25,26). The van der Waals surface area contributed by atoms with Crippen molar-refractivity contribution >= 4 is 17.7 Å². The lowest BCUT2D eigenvalue weighted by molar-refractivity contribution is 0.360. The maximum Gasteiger partial charge on any atom is 0.346 e. The molecule has 0 aliphatic carbocycles. The molecule has 0 spiro atoms. The Hall–Kier alpha value is -1.24. The third kappa shape index (κ3) is 10.3. The fourth-order valence-electron chi connectivity index (χ4n) is 2.87. The van der Waals surface area contributed by atoms with E-state index >= 15 is 0 Å². The fraction of sp³-hybridized carbons (Fsp3) is 0.500. The predicted octanol–water partition coefficient (Wildman–Crippen LogP) is 4.85. The van der Waals surface area contributed by atoms with Crippen molar-refractivity contribution in [3.05, 3.63) is 59.2 Å². The molecule has 0 fully saturated rings. The van der Waals surface area contributed by atoms with Gasteiger partial charge in [-0.15, -0.1) is 0 Å². The van der Waals surface area contributed by atoms with Gasteiger partial charge in [-0.25, -0.2) is 0 Å². The van der Waals surface area contributed by atoms with Crippen molar-refractivity contribution < 1.29 is 27.3 Å². The van der Waals surface area contributed by atoms with Crippen LogP contribution in [0.4, 0.5) is 0 Å². The molecular weight excluding hydrogens is 399 g/mol. The lowest BCUT2D eigenvalue weighted by Crippen LogP contribution is -2.20. The Labute approximate surface area is 168 Å². The first-order valence-corrected chi connectivity index (χ1v) is 12.6. The van der Waals surface area contributed by atoms with Crippen molar-refractivity contribution in [2.24, 2.45) is 0 Å². The highest BCUT2D eigenvalue weighted by molar-refractivity contribution is 7.93. The van der Waals surface area contributed by atoms with E-state index in [2.05, 4.69) is 25.1 Å². The Morgan fingerprint density at radius 1 is 1.04 bits per heavy atom. The van der Waals surface area contributed by atoms with E-state index in [9.17, 15) is 13.0 Å². The van der Waals surface area contributed by atoms with E-state index in [1.165, 1.54) is 11.1 Å². The van der Waals surface area contributed by atoms with Crippen molar-refractivity contribution in [1.29, 1.82) is 0 Å². The molecule has 1 atom stereocenters. The van der Waals surface area contributed by atoms with Crippen molar-refractivity contribution in [3.8, 4) is 0 Å². The zero-order valence-corrected chi connectivity index (χ0v) is 18.2. The molecule has 6 nitrogen and oxygen atoms in total. The van der Waals surface area contributed by atoms with Crippen LogP contribution in [-0.4, -0.2) is 27.7 Å². The molecule has 0 saturated carbocycles. The van der Waals surface area contributed by atoms with Gasteiger partial charge in [0.2, 0.25) is 0 Å². The second-order valence-corrected chi connectivity index (χ2v) is 10.9. The van der Waals surface area contributed by atoms with Crippen molar-refractivity contribution in [2.45, 2.75) is 63.8 Å². The van der Waals surface area contributed by atoms with Crippen molar-refractivity contribution in [2.75, 3.05) is 0 Å². The number of aryl methyl sites for hydroxylation is 1. The van der Waals surface area contributed by atoms with E-state index in [0.717, 1.165) is 31.3 Å². The van der Waals surface area contributed by atoms with Crippen LogP contribution in [0.15, 0.2) is 53.6 Å². The molecule has 0 aliphatic rings. The van der Waals surface area contributed by atoms with Gasteiger partial charge in [0.25, 0.3) is 10.1 Å². The third-order valence-corrected chi connectivity index (χ3v) is 8.10. The van der Waals surface area contributed by atoms with Crippen LogP contribution in [0.1, 0.15) is 57.9 Å². The number of hydrogen-bond acceptors (Lipinski definition) is 3. The van der Waals surface area contributed by atoms with Crippen LogP contribution in [0.5, 0.6) is 0 Å². The fourth-order valence-corrected chi connectivity index (χ4v) is 5.24. The van der Waals surface area contributed by atoms with E-state index in [0.29, 0.717) is 6.42 Å². The van der Waals surface area contributed by atoms with Gasteiger partial charge < -0.3 is 9.79 Å². The molecule has 0 saturated heterocycles. The molecule has 1 aromatic rings. The lowest BCUT2D eigenvalue weighted by Gasteiger charge is -2.14. The smallest absolute Gasteiger partial charge is 0.323 e. The highest BCUT2D eigenvalue weighted by Crippen LogP contribution is 2.46. The molecule has 0 bridgehead atoms. The van der Waals surface area contributed by atoms with Gasteiger partial charge in [0.1, 0.15) is 0 Å². The highest BCUT2D eigenvalue weighted by atomic mass is 32.2. The van der Waals surface area contributed by atoms with Crippen molar-refractivity contribution in [3.63, 3.8) is 0 Å². The second-order valence-electron chi connectivity index (χ2n) is 7.11. The minimum Gasteiger partial charge on any atom is -0.323 e. The summed E-state index contributed by atoms with van der Waals surface area (Å²) in [4.78, 5) is 16.1. The molecule has 28 heavy (non-hydrogen) atoms. The van der Waals surface area contributed by atoms with Gasteiger partial charge in [0.05, 0.1) is 0 Å². The summed E-state index contributed by atoms with van der Waals surface area (Å²) in [5.74, 6) is 0. The Morgan fingerprint density at radius 2 is 1.61 bits per heavy atom. The normalized spacial score (nSPS) is 14.9. The number of rotatable bonds is 12. The molecule has 158 valence electrons. The molecular formula is C20H31O6PS. The summed E-state index contributed by atoms with van der Waals surface area (Å²) in [5.41, 5.74) is 3.81. The van der Waals surface area contributed by atoms with E-state index in [1.54, 1.807) is 0 Å². The molecule has 1 unspecified atom stereocenters. The summed E-state index contributed by atoms with van der Waals surface area (Å²) in [6, 6.07) is 10.3. The molecule has 0 heterocycles. The molecule has 0 radical (unpaired) electrons. The van der Waals surface area contributed by atoms with Crippen LogP contribution in [0.2, 0.25) is 0 Å². The molecule has 1 rings (SSSR count). The largest absolute Gasteiger partial charge is 0.346 e. The summed E-state index contributed by atoms with van der Waals surface area (Å²) in [6.45, 7) is 4.11. The van der Waals surface area contributed by atoms with Gasteiger partial charge in [-0.1, -0.05) is 53.6 Å². The first kappa shape index (κ1) is 24.8. The zero-order valence-electron chi connectivity index (χ0n) is 16.5. The van der Waals surface area contributed by atoms with Gasteiger partial charge in [-0.2, -0.15) is 8.42 Å². The van der Waals surface area contributed by atoms with Crippen LogP contribution in [0.3, 0.4) is 0 Å². The Kier molecular flexibility index (Phi) is 10.4. The number of benzene rings is 1. The lowest BCUT2D eigenvalue weighted by atomic mass is 10.0. The van der Waals surface area contributed by atoms with Gasteiger partial charge >= 0.3 is 7.60 Å². The number of allylic oxidation sites excluding steroid dienone is 4. The Morgan fingerprint density at radius 3 is 2.18 bits per heavy atom. The first-order valence-electron chi connectivity index (χ1n) is 9.37. The molecule has 3 N–H and O–H groups in total. The van der Waals surface area contributed by atoms with Crippen LogP contribution >= 0.6 is 7.60 Å². The summed E-state index contributed by atoms with van der Waals surface area (Å²) < 4.78 is 42.3. The Bertz CT molecular complexity index is 808. The summed E-state index contributed by atoms with van der Waals surface area (Å²) in [7, 11) is -9.65. The van der Waals surface area contributed by atoms with E-state index < -0.39 is 22.7 Å². The molecule has 0 aromatic heterocycles. The SMILES string of the molecule is CC(=CCCCC(P(=O)(O)O)S(=O)(=O)O)CCC=C(C)CCc1ccccc1. The molecule has 0 amide bonds. The molecule has 1 aromatic carbocycles.